The molecule has 0 aromatic heterocycles. The summed E-state index contributed by atoms with van der Waals surface area (Å²) >= 11 is 0. The van der Waals surface area contributed by atoms with Crippen LogP contribution in [0, 0.1) is 0 Å². The van der Waals surface area contributed by atoms with Crippen LogP contribution in [-0.2, 0) is 9.84 Å². The largest absolute Gasteiger partial charge is 0.314 e. The topological polar surface area (TPSA) is 49.4 Å². The number of nitrogens with zero attached hydrogens (tertiary/aromatic N) is 1. The van der Waals surface area contributed by atoms with Crippen molar-refractivity contribution in [2.45, 2.75) is 4.90 Å². The first-order valence-electron chi connectivity index (χ1n) is 5.89. The second-order valence-electron chi connectivity index (χ2n) is 4.22. The van der Waals surface area contributed by atoms with Gasteiger partial charge in [0.1, 0.15) is 0 Å². The Morgan fingerprint density at radius 2 is 1.63 bits per heavy atom. The molecular weight excluding hydrogens is 307 g/mol. The Morgan fingerprint density at radius 3 is 2.21 bits per heavy atom. The van der Waals surface area contributed by atoms with Crippen LogP contribution in [0.25, 0.3) is 0 Å². The van der Waals surface area contributed by atoms with Gasteiger partial charge in [0.2, 0.25) is 0 Å². The quantitative estimate of drug-likeness (QED) is 0.903. The van der Waals surface area contributed by atoms with E-state index in [0.29, 0.717) is 11.4 Å². The maximum Gasteiger partial charge on any atom is 0.179 e. The Hall–Kier alpha value is -0.330. The van der Waals surface area contributed by atoms with E-state index in [1.54, 1.807) is 24.3 Å². The minimum atomic E-state index is -3.12. The van der Waals surface area contributed by atoms with Crippen LogP contribution in [0.1, 0.15) is 0 Å². The maximum atomic E-state index is 12.0. The van der Waals surface area contributed by atoms with Crippen LogP contribution in [0.2, 0.25) is 0 Å². The Labute approximate surface area is 127 Å². The van der Waals surface area contributed by atoms with Crippen molar-refractivity contribution >= 4 is 34.7 Å². The summed E-state index contributed by atoms with van der Waals surface area (Å²) < 4.78 is 24.1. The highest BCUT2D eigenvalue weighted by Gasteiger charge is 2.17. The summed E-state index contributed by atoms with van der Waals surface area (Å²) in [6.07, 6.45) is 0. The van der Waals surface area contributed by atoms with E-state index in [1.807, 2.05) is 6.07 Å². The second kappa shape index (κ2) is 8.76. The van der Waals surface area contributed by atoms with Crippen molar-refractivity contribution in [1.29, 1.82) is 0 Å². The van der Waals surface area contributed by atoms with Gasteiger partial charge in [-0.25, -0.2) is 8.42 Å². The summed E-state index contributed by atoms with van der Waals surface area (Å²) in [5.74, 6) is 0.205. The monoisotopic (exact) mass is 326 g/mol. The van der Waals surface area contributed by atoms with E-state index in [9.17, 15) is 8.42 Å². The van der Waals surface area contributed by atoms with E-state index in [4.69, 9.17) is 0 Å². The molecular formula is C12H20Cl2N2O2S. The Morgan fingerprint density at radius 1 is 1.05 bits per heavy atom. The maximum absolute atomic E-state index is 12.0. The molecule has 19 heavy (non-hydrogen) atoms. The van der Waals surface area contributed by atoms with Crippen molar-refractivity contribution in [3.63, 3.8) is 0 Å². The molecule has 0 bridgehead atoms. The van der Waals surface area contributed by atoms with Gasteiger partial charge in [0.05, 0.1) is 10.6 Å². The molecule has 0 amide bonds. The van der Waals surface area contributed by atoms with Gasteiger partial charge >= 0.3 is 0 Å². The number of hydrogen-bond donors (Lipinski definition) is 1. The number of nitrogens with one attached hydrogen (secondary N) is 1. The number of sulfone groups is 1. The van der Waals surface area contributed by atoms with Crippen molar-refractivity contribution in [1.82, 2.24) is 10.2 Å². The van der Waals surface area contributed by atoms with E-state index in [0.717, 1.165) is 26.2 Å². The van der Waals surface area contributed by atoms with Crippen LogP contribution in [0.3, 0.4) is 0 Å². The van der Waals surface area contributed by atoms with E-state index in [1.165, 1.54) is 0 Å². The Bertz CT molecular complexity index is 448. The lowest BCUT2D eigenvalue weighted by molar-refractivity contribution is 0.254. The Kier molecular flexibility index (Phi) is 8.61. The third kappa shape index (κ3) is 5.67. The van der Waals surface area contributed by atoms with Gasteiger partial charge in [0, 0.05) is 32.7 Å². The SMILES string of the molecule is Cl.Cl.O=S(=O)(CCN1CCNCC1)c1ccccc1. The molecule has 1 aromatic carbocycles. The molecule has 1 aromatic rings. The first kappa shape index (κ1) is 18.7. The zero-order valence-corrected chi connectivity index (χ0v) is 13.1. The lowest BCUT2D eigenvalue weighted by Crippen LogP contribution is -2.45. The summed E-state index contributed by atoms with van der Waals surface area (Å²) in [5, 5.41) is 3.25. The molecule has 1 fully saturated rings. The minimum absolute atomic E-state index is 0. The molecule has 0 unspecified atom stereocenters. The molecule has 0 spiro atoms. The zero-order chi connectivity index (χ0) is 12.1. The highest BCUT2D eigenvalue weighted by atomic mass is 35.5. The number of piperazine rings is 1. The molecule has 4 nitrogen and oxygen atoms in total. The summed E-state index contributed by atoms with van der Waals surface area (Å²) in [6.45, 7) is 4.39. The average molecular weight is 327 g/mol. The molecule has 0 aliphatic carbocycles. The van der Waals surface area contributed by atoms with Gasteiger partial charge in [-0.15, -0.1) is 24.8 Å². The van der Waals surface area contributed by atoms with Crippen molar-refractivity contribution < 1.29 is 8.42 Å². The van der Waals surface area contributed by atoms with Crippen LogP contribution in [0.15, 0.2) is 35.2 Å². The fourth-order valence-electron chi connectivity index (χ4n) is 1.93. The van der Waals surface area contributed by atoms with E-state index in [-0.39, 0.29) is 30.6 Å². The van der Waals surface area contributed by atoms with E-state index < -0.39 is 9.84 Å². The molecule has 7 heteroatoms. The molecule has 110 valence electrons. The van der Waals surface area contributed by atoms with Gasteiger partial charge in [-0.3, -0.25) is 4.90 Å². The summed E-state index contributed by atoms with van der Waals surface area (Å²) in [5.41, 5.74) is 0. The minimum Gasteiger partial charge on any atom is -0.314 e. The summed E-state index contributed by atoms with van der Waals surface area (Å²) in [7, 11) is -3.12. The van der Waals surface area contributed by atoms with Crippen molar-refractivity contribution in [2.24, 2.45) is 0 Å². The predicted octanol–water partition coefficient (Wildman–Crippen LogP) is 1.21. The van der Waals surface area contributed by atoms with Gasteiger partial charge in [0.15, 0.2) is 9.84 Å². The van der Waals surface area contributed by atoms with E-state index in [2.05, 4.69) is 10.2 Å². The first-order chi connectivity index (χ1) is 8.18. The average Bonchev–Trinajstić information content (AvgIpc) is 2.39. The fraction of sp³-hybridized carbons (Fsp3) is 0.500. The van der Waals surface area contributed by atoms with Gasteiger partial charge < -0.3 is 5.32 Å². The molecule has 0 atom stereocenters. The molecule has 0 saturated carbocycles. The molecule has 1 saturated heterocycles. The smallest absolute Gasteiger partial charge is 0.179 e. The lowest BCUT2D eigenvalue weighted by Gasteiger charge is -2.26. The van der Waals surface area contributed by atoms with Crippen LogP contribution in [-0.4, -0.2) is 51.8 Å². The van der Waals surface area contributed by atoms with Gasteiger partial charge in [-0.1, -0.05) is 18.2 Å². The van der Waals surface area contributed by atoms with Crippen LogP contribution >= 0.6 is 24.8 Å². The third-order valence-electron chi connectivity index (χ3n) is 2.99. The summed E-state index contributed by atoms with van der Waals surface area (Å²) in [4.78, 5) is 2.62. The third-order valence-corrected chi connectivity index (χ3v) is 4.70. The first-order valence-corrected chi connectivity index (χ1v) is 7.54. The zero-order valence-electron chi connectivity index (χ0n) is 10.6. The van der Waals surface area contributed by atoms with Crippen LogP contribution < -0.4 is 5.32 Å². The van der Waals surface area contributed by atoms with Gasteiger partial charge in [-0.05, 0) is 12.1 Å². The van der Waals surface area contributed by atoms with Crippen LogP contribution in [0.5, 0.6) is 0 Å². The van der Waals surface area contributed by atoms with Crippen LogP contribution in [0.4, 0.5) is 0 Å². The highest BCUT2D eigenvalue weighted by Crippen LogP contribution is 2.10. The molecule has 2 rings (SSSR count). The predicted molar refractivity (Wildman–Crippen MR) is 82.3 cm³/mol. The molecule has 1 aliphatic rings. The number of hydrogen-bond acceptors (Lipinski definition) is 4. The number of halogens is 2. The molecule has 1 heterocycles. The Balaban J connectivity index is 0.00000162. The van der Waals surface area contributed by atoms with E-state index >= 15 is 0 Å². The molecule has 1 N–H and O–H groups in total. The van der Waals surface area contributed by atoms with Gasteiger partial charge in [0.25, 0.3) is 0 Å². The normalized spacial score (nSPS) is 16.2. The highest BCUT2D eigenvalue weighted by molar-refractivity contribution is 7.91. The second-order valence-corrected chi connectivity index (χ2v) is 6.33. The standard InChI is InChI=1S/C12H18N2O2S.2ClH/c15-17(16,12-4-2-1-3-5-12)11-10-14-8-6-13-7-9-14;;/h1-5,13H,6-11H2;2*1H. The summed E-state index contributed by atoms with van der Waals surface area (Å²) in [6, 6.07) is 8.67. The number of benzene rings is 1. The molecule has 0 radical (unpaired) electrons. The molecule has 1 aliphatic heterocycles. The lowest BCUT2D eigenvalue weighted by atomic mass is 10.4. The van der Waals surface area contributed by atoms with Gasteiger partial charge in [-0.2, -0.15) is 0 Å². The van der Waals surface area contributed by atoms with Crippen molar-refractivity contribution in [2.75, 3.05) is 38.5 Å². The number of rotatable bonds is 4. The van der Waals surface area contributed by atoms with Crippen molar-refractivity contribution in [3.8, 4) is 0 Å². The fourth-order valence-corrected chi connectivity index (χ4v) is 3.24. The van der Waals surface area contributed by atoms with Crippen molar-refractivity contribution in [3.05, 3.63) is 30.3 Å².